The summed E-state index contributed by atoms with van der Waals surface area (Å²) in [5.74, 6) is -1.87. The first-order valence-electron chi connectivity index (χ1n) is 8.36. The fourth-order valence-electron chi connectivity index (χ4n) is 2.09. The Morgan fingerprint density at radius 3 is 2.41 bits per heavy atom. The van der Waals surface area contributed by atoms with Crippen molar-refractivity contribution in [3.05, 3.63) is 50.1 Å². The molecule has 2 aromatic rings. The van der Waals surface area contributed by atoms with E-state index in [4.69, 9.17) is 4.74 Å². The van der Waals surface area contributed by atoms with Gasteiger partial charge in [-0.05, 0) is 65.2 Å². The van der Waals surface area contributed by atoms with Crippen molar-refractivity contribution in [2.45, 2.75) is 18.7 Å². The lowest BCUT2D eigenvalue weighted by Crippen LogP contribution is -2.39. The average Bonchev–Trinajstić information content (AvgIpc) is 3.11. The van der Waals surface area contributed by atoms with Gasteiger partial charge in [-0.15, -0.1) is 11.3 Å². The summed E-state index contributed by atoms with van der Waals surface area (Å²) in [5, 5.41) is 2.24. The van der Waals surface area contributed by atoms with Crippen molar-refractivity contribution in [1.82, 2.24) is 10.0 Å². The molecule has 0 saturated carbocycles. The van der Waals surface area contributed by atoms with Crippen LogP contribution in [0.2, 0.25) is 0 Å². The van der Waals surface area contributed by atoms with Crippen LogP contribution in [0.15, 0.2) is 39.0 Å². The summed E-state index contributed by atoms with van der Waals surface area (Å²) in [6.45, 7) is 2.19. The number of ether oxygens (including phenoxy) is 1. The SMILES string of the molecule is Cc1ccc(S(=O)(=O)NCC(=O)NCC(=O)OCC(=O)c2ccc(Br)s2)cc1C. The number of ketones is 1. The molecule has 0 aliphatic heterocycles. The van der Waals surface area contributed by atoms with Gasteiger partial charge in [0, 0.05) is 0 Å². The maximum Gasteiger partial charge on any atom is 0.325 e. The van der Waals surface area contributed by atoms with Crippen LogP contribution in [0.3, 0.4) is 0 Å². The number of sulfonamides is 1. The highest BCUT2D eigenvalue weighted by Crippen LogP contribution is 2.22. The van der Waals surface area contributed by atoms with E-state index in [-0.39, 0.29) is 10.7 Å². The first-order chi connectivity index (χ1) is 13.6. The second kappa shape index (κ2) is 10.1. The molecule has 0 bridgehead atoms. The number of esters is 1. The van der Waals surface area contributed by atoms with Gasteiger partial charge in [0.1, 0.15) is 6.54 Å². The molecule has 156 valence electrons. The topological polar surface area (TPSA) is 119 Å². The Balaban J connectivity index is 1.75. The van der Waals surface area contributed by atoms with Crippen molar-refractivity contribution < 1.29 is 27.5 Å². The van der Waals surface area contributed by atoms with E-state index >= 15 is 0 Å². The number of carbonyl (C=O) groups is 3. The Hall–Kier alpha value is -2.08. The third-order valence-corrected chi connectivity index (χ3v) is 6.92. The summed E-state index contributed by atoms with van der Waals surface area (Å²) in [6.07, 6.45) is 0. The minimum atomic E-state index is -3.86. The highest BCUT2D eigenvalue weighted by molar-refractivity contribution is 9.11. The molecule has 0 saturated heterocycles. The zero-order valence-corrected chi connectivity index (χ0v) is 18.9. The number of halogens is 1. The van der Waals surface area contributed by atoms with E-state index in [1.54, 1.807) is 25.1 Å². The van der Waals surface area contributed by atoms with Crippen molar-refractivity contribution in [3.63, 3.8) is 0 Å². The van der Waals surface area contributed by atoms with Gasteiger partial charge in [-0.2, -0.15) is 0 Å². The van der Waals surface area contributed by atoms with Crippen LogP contribution in [0.4, 0.5) is 0 Å². The molecular weight excluding hydrogens is 484 g/mol. The summed E-state index contributed by atoms with van der Waals surface area (Å²) in [5.41, 5.74) is 1.76. The number of rotatable bonds is 9. The third-order valence-electron chi connectivity index (χ3n) is 3.85. The highest BCUT2D eigenvalue weighted by atomic mass is 79.9. The van der Waals surface area contributed by atoms with E-state index in [2.05, 4.69) is 26.0 Å². The lowest BCUT2D eigenvalue weighted by molar-refractivity contribution is -0.142. The number of hydrogen-bond donors (Lipinski definition) is 2. The van der Waals surface area contributed by atoms with Crippen LogP contribution >= 0.6 is 27.3 Å². The molecule has 1 heterocycles. The Kier molecular flexibility index (Phi) is 8.08. The summed E-state index contributed by atoms with van der Waals surface area (Å²) in [7, 11) is -3.86. The number of nitrogens with one attached hydrogen (secondary N) is 2. The second-order valence-corrected chi connectivity index (χ2v) is 10.3. The third kappa shape index (κ3) is 7.03. The van der Waals surface area contributed by atoms with E-state index in [1.807, 2.05) is 6.92 Å². The van der Waals surface area contributed by atoms with Crippen LogP contribution < -0.4 is 10.0 Å². The average molecular weight is 503 g/mol. The molecule has 8 nitrogen and oxygen atoms in total. The van der Waals surface area contributed by atoms with E-state index in [9.17, 15) is 22.8 Å². The molecule has 1 amide bonds. The number of thiophene rings is 1. The number of hydrogen-bond acceptors (Lipinski definition) is 7. The Bertz CT molecular complexity index is 1030. The van der Waals surface area contributed by atoms with E-state index < -0.39 is 41.6 Å². The minimum absolute atomic E-state index is 0.0477. The van der Waals surface area contributed by atoms with Crippen LogP contribution in [-0.2, 0) is 24.3 Å². The zero-order chi connectivity index (χ0) is 21.6. The molecule has 0 atom stereocenters. The zero-order valence-electron chi connectivity index (χ0n) is 15.7. The fourth-order valence-corrected chi connectivity index (χ4v) is 4.47. The van der Waals surface area contributed by atoms with Crippen molar-refractivity contribution in [1.29, 1.82) is 0 Å². The summed E-state index contributed by atoms with van der Waals surface area (Å²) in [4.78, 5) is 35.8. The number of benzene rings is 1. The van der Waals surface area contributed by atoms with E-state index in [0.717, 1.165) is 14.9 Å². The van der Waals surface area contributed by atoms with Gasteiger partial charge in [0.2, 0.25) is 21.7 Å². The molecule has 0 unspecified atom stereocenters. The van der Waals surface area contributed by atoms with Gasteiger partial charge in [0.15, 0.2) is 6.61 Å². The van der Waals surface area contributed by atoms with Crippen molar-refractivity contribution >= 4 is 54.9 Å². The smallest absolute Gasteiger partial charge is 0.325 e. The molecular formula is C18H19BrN2O6S2. The molecule has 2 N–H and O–H groups in total. The first-order valence-corrected chi connectivity index (χ1v) is 11.5. The normalized spacial score (nSPS) is 11.1. The van der Waals surface area contributed by atoms with Crippen molar-refractivity contribution in [2.75, 3.05) is 19.7 Å². The van der Waals surface area contributed by atoms with Crippen LogP contribution in [0.5, 0.6) is 0 Å². The molecule has 0 aliphatic carbocycles. The standard InChI is InChI=1S/C18H19BrN2O6S2/c1-11-3-4-13(7-12(11)2)29(25,26)21-8-17(23)20-9-18(24)27-10-14(22)15-5-6-16(19)28-15/h3-7,21H,8-10H2,1-2H3,(H,20,23). The first kappa shape index (κ1) is 23.2. The molecule has 0 fully saturated rings. The van der Waals surface area contributed by atoms with Crippen molar-refractivity contribution in [2.24, 2.45) is 0 Å². The molecule has 29 heavy (non-hydrogen) atoms. The minimum Gasteiger partial charge on any atom is -0.456 e. The van der Waals surface area contributed by atoms with Crippen LogP contribution in [0.1, 0.15) is 20.8 Å². The highest BCUT2D eigenvalue weighted by Gasteiger charge is 2.17. The summed E-state index contributed by atoms with van der Waals surface area (Å²) >= 11 is 4.45. The maximum absolute atomic E-state index is 12.2. The number of Topliss-reactive ketones (excluding diaryl/α,β-unsaturated/α-hetero) is 1. The van der Waals surface area contributed by atoms with Gasteiger partial charge >= 0.3 is 5.97 Å². The lowest BCUT2D eigenvalue weighted by Gasteiger charge is -2.09. The Morgan fingerprint density at radius 2 is 1.79 bits per heavy atom. The van der Waals surface area contributed by atoms with Gasteiger partial charge in [-0.1, -0.05) is 6.07 Å². The van der Waals surface area contributed by atoms with Crippen LogP contribution in [-0.4, -0.2) is 45.8 Å². The molecule has 2 rings (SSSR count). The number of amides is 1. The number of carbonyl (C=O) groups excluding carboxylic acids is 3. The summed E-state index contributed by atoms with van der Waals surface area (Å²) < 4.78 is 32.2. The van der Waals surface area contributed by atoms with Crippen molar-refractivity contribution in [3.8, 4) is 0 Å². The van der Waals surface area contributed by atoms with E-state index in [0.29, 0.717) is 4.88 Å². The Labute approximate surface area is 180 Å². The van der Waals surface area contributed by atoms with Gasteiger partial charge in [-0.3, -0.25) is 14.4 Å². The fraction of sp³-hybridized carbons (Fsp3) is 0.278. The molecule has 1 aromatic carbocycles. The van der Waals surface area contributed by atoms with Gasteiger partial charge in [-0.25, -0.2) is 13.1 Å². The molecule has 1 aromatic heterocycles. The number of aryl methyl sites for hydroxylation is 2. The van der Waals surface area contributed by atoms with Gasteiger partial charge < -0.3 is 10.1 Å². The van der Waals surface area contributed by atoms with Crippen LogP contribution in [0.25, 0.3) is 0 Å². The quantitative estimate of drug-likeness (QED) is 0.399. The molecule has 0 spiro atoms. The predicted molar refractivity (Wildman–Crippen MR) is 111 cm³/mol. The van der Waals surface area contributed by atoms with Gasteiger partial charge in [0.25, 0.3) is 0 Å². The lowest BCUT2D eigenvalue weighted by atomic mass is 10.1. The van der Waals surface area contributed by atoms with Gasteiger partial charge in [0.05, 0.1) is 20.1 Å². The molecule has 0 aliphatic rings. The Morgan fingerprint density at radius 1 is 1.07 bits per heavy atom. The second-order valence-electron chi connectivity index (χ2n) is 6.03. The molecule has 0 radical (unpaired) electrons. The molecule has 11 heteroatoms. The predicted octanol–water partition coefficient (Wildman–Crippen LogP) is 1.95. The maximum atomic E-state index is 12.2. The van der Waals surface area contributed by atoms with E-state index in [1.165, 1.54) is 23.5 Å². The summed E-state index contributed by atoms with van der Waals surface area (Å²) in [6, 6.07) is 7.95. The monoisotopic (exact) mass is 502 g/mol. The van der Waals surface area contributed by atoms with Crippen LogP contribution in [0, 0.1) is 13.8 Å². The largest absolute Gasteiger partial charge is 0.456 e.